The van der Waals surface area contributed by atoms with Gasteiger partial charge in [-0.3, -0.25) is 24.9 Å². The van der Waals surface area contributed by atoms with Crippen molar-refractivity contribution in [3.05, 3.63) is 371 Å². The molecule has 10 heteroatoms. The van der Waals surface area contributed by atoms with Crippen molar-refractivity contribution in [3.63, 3.8) is 0 Å². The van der Waals surface area contributed by atoms with Crippen molar-refractivity contribution in [1.29, 1.82) is 0 Å². The second kappa shape index (κ2) is 81.0. The van der Waals surface area contributed by atoms with Gasteiger partial charge in [0, 0.05) is 101 Å². The molecule has 0 saturated heterocycles. The van der Waals surface area contributed by atoms with E-state index in [-0.39, 0.29) is 138 Å². The number of rotatable bonds is 5. The van der Waals surface area contributed by atoms with E-state index < -0.39 is 0 Å². The molecule has 0 N–H and O–H groups in total. The van der Waals surface area contributed by atoms with Crippen LogP contribution in [-0.2, 0) is 101 Å². The first-order valence-corrected chi connectivity index (χ1v) is 36.3. The minimum atomic E-state index is 0. The maximum absolute atomic E-state index is 4.61. The maximum Gasteiger partial charge on any atom is 0.0595 e. The van der Waals surface area contributed by atoms with Crippen LogP contribution >= 0.6 is 0 Å². The summed E-state index contributed by atoms with van der Waals surface area (Å²) < 4.78 is 0. The number of para-hydroxylation sites is 5. The zero-order valence-electron chi connectivity index (χ0n) is 70.3. The zero-order valence-corrected chi connectivity index (χ0v) is 82.2. The van der Waals surface area contributed by atoms with Gasteiger partial charge in [0.25, 0.3) is 0 Å². The monoisotopic (exact) mass is 2360 g/mol. The summed E-state index contributed by atoms with van der Waals surface area (Å²) in [6.45, 7) is 40.0. The molecule has 0 saturated carbocycles. The molecule has 110 heavy (non-hydrogen) atoms. The van der Waals surface area contributed by atoms with E-state index >= 15 is 0 Å². The SMILES string of the molecule is CC.CC.CC.CC.CC.CC.CC.CC.CC.CC.[CH3-].[CH3-].[CH3-].[CH3-].[CH3-].[Ir].[Ir].[Ir].[Ir].[Ir].[c-]1ccccc1-c1ccc2ccccc2n1.[c-]1ccccc1-c1ccc2ccccc2n1.[c-]1ccccc1-c1ccc2ccccc2n1.[c-]1ccccc1-c1ccc2ccccc2n1.[c-]1ccccc1-c1ccc2ccccc2n1. The number of pyridine rings is 5. The van der Waals surface area contributed by atoms with Crippen LogP contribution in [0.1, 0.15) is 138 Å². The van der Waals surface area contributed by atoms with Crippen LogP contribution in [0.2, 0.25) is 0 Å². The molecule has 15 aromatic rings. The Hall–Kier alpha value is -7.50. The van der Waals surface area contributed by atoms with Crippen molar-refractivity contribution in [2.24, 2.45) is 0 Å². The minimum absolute atomic E-state index is 0. The van der Waals surface area contributed by atoms with Gasteiger partial charge >= 0.3 is 0 Å². The number of aromatic nitrogens is 5. The Morgan fingerprint density at radius 2 is 0.282 bits per heavy atom. The zero-order chi connectivity index (χ0) is 74.0. The Bertz CT molecular complexity index is 3770. The second-order valence-electron chi connectivity index (χ2n) is 18.3. The summed E-state index contributed by atoms with van der Waals surface area (Å²) in [7, 11) is 0. The first-order chi connectivity index (χ1) is 49.7. The van der Waals surface area contributed by atoms with E-state index in [1.165, 1.54) is 26.9 Å². The Balaban J connectivity index is -0.000000131. The molecule has 5 heterocycles. The van der Waals surface area contributed by atoms with Gasteiger partial charge in [0.1, 0.15) is 0 Å². The summed E-state index contributed by atoms with van der Waals surface area (Å²) in [5, 5.41) is 5.84. The van der Waals surface area contributed by atoms with E-state index in [1.807, 2.05) is 381 Å². The van der Waals surface area contributed by atoms with Crippen LogP contribution < -0.4 is 0 Å². The van der Waals surface area contributed by atoms with Crippen molar-refractivity contribution in [1.82, 2.24) is 24.9 Å². The average molecular weight is 2360 g/mol. The molecule has 0 bridgehead atoms. The molecule has 605 valence electrons. The van der Waals surface area contributed by atoms with Gasteiger partial charge in [-0.2, -0.15) is 0 Å². The molecule has 0 atom stereocenters. The first kappa shape index (κ1) is 123. The number of hydrogen-bond donors (Lipinski definition) is 0. The fourth-order valence-corrected chi connectivity index (χ4v) is 8.84. The van der Waals surface area contributed by atoms with Gasteiger partial charge in [-0.1, -0.05) is 290 Å². The number of benzene rings is 10. The molecule has 5 aromatic heterocycles. The van der Waals surface area contributed by atoms with Gasteiger partial charge in [-0.15, -0.1) is 179 Å². The topological polar surface area (TPSA) is 64.5 Å². The Morgan fingerprint density at radius 1 is 0.155 bits per heavy atom. The average Bonchev–Trinajstić information content (AvgIpc) is 0.859. The molecule has 0 aliphatic carbocycles. The number of nitrogens with zero attached hydrogens (tertiary/aromatic N) is 5. The molecule has 10 aromatic carbocycles. The number of hydrogen-bond acceptors (Lipinski definition) is 5. The third-order valence-electron chi connectivity index (χ3n) is 12.9. The fourth-order valence-electron chi connectivity index (χ4n) is 8.84. The summed E-state index contributed by atoms with van der Waals surface area (Å²) >= 11 is 0. The summed E-state index contributed by atoms with van der Waals surface area (Å²) in [6, 6.07) is 117. The Labute approximate surface area is 738 Å². The Morgan fingerprint density at radius 3 is 0.409 bits per heavy atom. The largest absolute Gasteiger partial charge is 0.358 e. The van der Waals surface area contributed by atoms with Gasteiger partial charge in [-0.25, -0.2) is 0 Å². The molecular formula is C100H125Ir5N5-10. The van der Waals surface area contributed by atoms with E-state index in [1.54, 1.807) is 0 Å². The van der Waals surface area contributed by atoms with Gasteiger partial charge in [0.15, 0.2) is 0 Å². The third-order valence-corrected chi connectivity index (χ3v) is 12.9. The van der Waals surface area contributed by atoms with Crippen molar-refractivity contribution in [2.75, 3.05) is 0 Å². The molecule has 0 unspecified atom stereocenters. The minimum Gasteiger partial charge on any atom is -0.358 e. The second-order valence-corrected chi connectivity index (χ2v) is 18.3. The van der Waals surface area contributed by atoms with Crippen LogP contribution in [0.25, 0.3) is 111 Å². The fraction of sp³-hybridized carbons (Fsp3) is 0.200. The molecule has 0 aliphatic heterocycles. The van der Waals surface area contributed by atoms with E-state index in [0.717, 1.165) is 83.9 Å². The molecule has 5 radical (unpaired) electrons. The molecule has 0 amide bonds. The van der Waals surface area contributed by atoms with Crippen LogP contribution in [0, 0.1) is 67.5 Å². The van der Waals surface area contributed by atoms with Crippen molar-refractivity contribution in [2.45, 2.75) is 138 Å². The van der Waals surface area contributed by atoms with Crippen LogP contribution in [0.3, 0.4) is 0 Å². The van der Waals surface area contributed by atoms with Crippen molar-refractivity contribution in [3.8, 4) is 56.3 Å². The van der Waals surface area contributed by atoms with Crippen LogP contribution in [-0.4, -0.2) is 24.9 Å². The summed E-state index contributed by atoms with van der Waals surface area (Å²) in [6.07, 6.45) is 0. The molecular weight excluding hydrogens is 2230 g/mol. The molecule has 15 rings (SSSR count). The normalized spacial score (nSPS) is 8.18. The standard InChI is InChI=1S/5C15H10N.10C2H6.5CH3.5Ir/c5*1-2-6-12(7-3-1)15-11-10-13-8-4-5-9-14(13)16-15;10*1-2;;;;;;;;;;/h5*1-6,8-11H;10*1-2H3;5*1H3;;;;;/q5*-1;;;;;;;;;;;5*-1;;;;;. The molecule has 0 spiro atoms. The van der Waals surface area contributed by atoms with Gasteiger partial charge in [0.2, 0.25) is 0 Å². The van der Waals surface area contributed by atoms with Crippen LogP contribution in [0.4, 0.5) is 0 Å². The van der Waals surface area contributed by atoms with Crippen LogP contribution in [0.15, 0.2) is 303 Å². The quantitative estimate of drug-likeness (QED) is 0.161. The Kier molecular flexibility index (Phi) is 90.9. The van der Waals surface area contributed by atoms with Crippen molar-refractivity contribution >= 4 is 54.5 Å². The molecule has 0 fully saturated rings. The van der Waals surface area contributed by atoms with Gasteiger partial charge in [0.05, 0.1) is 27.6 Å². The summed E-state index contributed by atoms with van der Waals surface area (Å²) in [5.74, 6) is 0. The first-order valence-electron chi connectivity index (χ1n) is 36.3. The number of fused-ring (bicyclic) bond motifs is 5. The smallest absolute Gasteiger partial charge is 0.0595 e. The predicted molar refractivity (Wildman–Crippen MR) is 476 cm³/mol. The third kappa shape index (κ3) is 42.8. The van der Waals surface area contributed by atoms with E-state index in [2.05, 4.69) is 116 Å². The van der Waals surface area contributed by atoms with Gasteiger partial charge in [-0.05, 0) is 85.7 Å². The molecule has 5 nitrogen and oxygen atoms in total. The maximum atomic E-state index is 4.61. The van der Waals surface area contributed by atoms with Gasteiger partial charge < -0.3 is 37.1 Å². The van der Waals surface area contributed by atoms with E-state index in [0.29, 0.717) is 0 Å². The summed E-state index contributed by atoms with van der Waals surface area (Å²) in [4.78, 5) is 23.1. The van der Waals surface area contributed by atoms with Crippen LogP contribution in [0.5, 0.6) is 0 Å². The van der Waals surface area contributed by atoms with E-state index in [4.69, 9.17) is 0 Å². The van der Waals surface area contributed by atoms with Crippen molar-refractivity contribution < 1.29 is 101 Å². The van der Waals surface area contributed by atoms with E-state index in [9.17, 15) is 0 Å². The summed E-state index contributed by atoms with van der Waals surface area (Å²) in [5.41, 5.74) is 15.2. The predicted octanol–water partition coefficient (Wildman–Crippen LogP) is 31.0. The molecule has 0 aliphatic rings.